The molecular weight excluding hydrogens is 418 g/mol. The number of nitrogens with one attached hydrogen (secondary N) is 1. The number of carbonyl (C=O) groups is 1. The first kappa shape index (κ1) is 21.8. The number of para-hydroxylation sites is 2. The Morgan fingerprint density at radius 1 is 1.00 bits per heavy atom. The van der Waals surface area contributed by atoms with Crippen LogP contribution in [0.4, 0.5) is 0 Å². The minimum Gasteiger partial charge on any atom is -0.349 e. The standard InChI is InChI=1S/C26H25N3O2S/c1-18-12-14-20(15-13-18)16-29-23-11-7-6-10-22(23)28-25(26(29)31)32-17-24(30)27-19(2)21-8-4-3-5-9-21/h3-15,19H,16-17H2,1-2H3,(H,27,30)/t19-/m0/s1. The van der Waals surface area contributed by atoms with Gasteiger partial charge in [0.05, 0.1) is 29.4 Å². The molecule has 1 heterocycles. The van der Waals surface area contributed by atoms with E-state index in [1.54, 1.807) is 4.57 Å². The number of hydrogen-bond acceptors (Lipinski definition) is 4. The van der Waals surface area contributed by atoms with E-state index in [1.807, 2.05) is 92.7 Å². The molecule has 1 atom stereocenters. The summed E-state index contributed by atoms with van der Waals surface area (Å²) in [6, 6.07) is 25.4. The molecule has 0 aliphatic carbocycles. The van der Waals surface area contributed by atoms with Gasteiger partial charge in [-0.3, -0.25) is 14.2 Å². The van der Waals surface area contributed by atoms with E-state index in [9.17, 15) is 9.59 Å². The molecular formula is C26H25N3O2S. The number of aryl methyl sites for hydroxylation is 1. The van der Waals surface area contributed by atoms with Gasteiger partial charge in [0.2, 0.25) is 5.91 Å². The molecule has 4 rings (SSSR count). The molecule has 1 N–H and O–H groups in total. The van der Waals surface area contributed by atoms with E-state index < -0.39 is 0 Å². The summed E-state index contributed by atoms with van der Waals surface area (Å²) < 4.78 is 1.74. The fourth-order valence-electron chi connectivity index (χ4n) is 3.54. The van der Waals surface area contributed by atoms with Crippen LogP contribution in [0.15, 0.2) is 88.7 Å². The SMILES string of the molecule is Cc1ccc(Cn2c(=O)c(SCC(=O)N[C@@H](C)c3ccccc3)nc3ccccc32)cc1. The van der Waals surface area contributed by atoms with Gasteiger partial charge in [-0.05, 0) is 37.1 Å². The van der Waals surface area contributed by atoms with Crippen LogP contribution in [0.25, 0.3) is 11.0 Å². The lowest BCUT2D eigenvalue weighted by molar-refractivity contribution is -0.119. The second-order valence-electron chi connectivity index (χ2n) is 7.77. The summed E-state index contributed by atoms with van der Waals surface area (Å²) in [6.45, 7) is 4.43. The summed E-state index contributed by atoms with van der Waals surface area (Å²) in [4.78, 5) is 30.3. The first-order valence-corrected chi connectivity index (χ1v) is 11.5. The largest absolute Gasteiger partial charge is 0.349 e. The number of benzene rings is 3. The third kappa shape index (κ3) is 5.08. The van der Waals surface area contributed by atoms with Gasteiger partial charge in [-0.25, -0.2) is 4.98 Å². The summed E-state index contributed by atoms with van der Waals surface area (Å²) in [5.74, 6) is -0.00625. The highest BCUT2D eigenvalue weighted by Crippen LogP contribution is 2.18. The molecule has 0 aliphatic rings. The Morgan fingerprint density at radius 2 is 1.69 bits per heavy atom. The van der Waals surface area contributed by atoms with Gasteiger partial charge in [-0.15, -0.1) is 0 Å². The van der Waals surface area contributed by atoms with E-state index in [-0.39, 0.29) is 23.3 Å². The molecule has 1 aromatic heterocycles. The fraction of sp³-hybridized carbons (Fsp3) is 0.192. The monoisotopic (exact) mass is 443 g/mol. The predicted octanol–water partition coefficient (Wildman–Crippen LogP) is 4.72. The van der Waals surface area contributed by atoms with Crippen molar-refractivity contribution in [1.29, 1.82) is 0 Å². The van der Waals surface area contributed by atoms with Crippen LogP contribution in [-0.2, 0) is 11.3 Å². The van der Waals surface area contributed by atoms with Crippen molar-refractivity contribution in [3.05, 3.63) is 106 Å². The summed E-state index contributed by atoms with van der Waals surface area (Å²) in [5, 5.41) is 3.32. The Hall–Kier alpha value is -3.38. The van der Waals surface area contributed by atoms with Gasteiger partial charge in [0.15, 0.2) is 5.03 Å². The topological polar surface area (TPSA) is 64.0 Å². The summed E-state index contributed by atoms with van der Waals surface area (Å²) in [7, 11) is 0. The van der Waals surface area contributed by atoms with Crippen LogP contribution in [0, 0.1) is 6.92 Å². The number of hydrogen-bond donors (Lipinski definition) is 1. The molecule has 3 aromatic carbocycles. The van der Waals surface area contributed by atoms with E-state index in [2.05, 4.69) is 10.3 Å². The van der Waals surface area contributed by atoms with Crippen molar-refractivity contribution in [2.45, 2.75) is 31.5 Å². The zero-order chi connectivity index (χ0) is 22.5. The smallest absolute Gasteiger partial charge is 0.283 e. The van der Waals surface area contributed by atoms with Gasteiger partial charge in [-0.2, -0.15) is 0 Å². The van der Waals surface area contributed by atoms with Crippen molar-refractivity contribution in [3.8, 4) is 0 Å². The Morgan fingerprint density at radius 3 is 2.44 bits per heavy atom. The maximum atomic E-state index is 13.3. The number of nitrogens with zero attached hydrogens (tertiary/aromatic N) is 2. The lowest BCUT2D eigenvalue weighted by Crippen LogP contribution is -2.29. The van der Waals surface area contributed by atoms with E-state index in [0.29, 0.717) is 11.6 Å². The fourth-order valence-corrected chi connectivity index (χ4v) is 4.29. The third-order valence-electron chi connectivity index (χ3n) is 5.30. The number of aromatic nitrogens is 2. The highest BCUT2D eigenvalue weighted by molar-refractivity contribution is 7.99. The van der Waals surface area contributed by atoms with Crippen LogP contribution in [0.3, 0.4) is 0 Å². The van der Waals surface area contributed by atoms with Crippen molar-refractivity contribution in [1.82, 2.24) is 14.9 Å². The minimum absolute atomic E-state index is 0.105. The highest BCUT2D eigenvalue weighted by atomic mass is 32.2. The zero-order valence-corrected chi connectivity index (χ0v) is 18.9. The van der Waals surface area contributed by atoms with Crippen molar-refractivity contribution in [2.24, 2.45) is 0 Å². The molecule has 32 heavy (non-hydrogen) atoms. The average Bonchev–Trinajstić information content (AvgIpc) is 2.81. The summed E-state index contributed by atoms with van der Waals surface area (Å²) in [6.07, 6.45) is 0. The average molecular weight is 444 g/mol. The highest BCUT2D eigenvalue weighted by Gasteiger charge is 2.15. The zero-order valence-electron chi connectivity index (χ0n) is 18.1. The molecule has 0 saturated heterocycles. The van der Waals surface area contributed by atoms with E-state index in [4.69, 9.17) is 0 Å². The maximum Gasteiger partial charge on any atom is 0.283 e. The van der Waals surface area contributed by atoms with Crippen molar-refractivity contribution >= 4 is 28.7 Å². The van der Waals surface area contributed by atoms with Gasteiger partial charge >= 0.3 is 0 Å². The Balaban J connectivity index is 1.55. The van der Waals surface area contributed by atoms with Crippen LogP contribution in [0.5, 0.6) is 0 Å². The molecule has 6 heteroatoms. The van der Waals surface area contributed by atoms with Crippen molar-refractivity contribution in [3.63, 3.8) is 0 Å². The van der Waals surface area contributed by atoms with E-state index >= 15 is 0 Å². The Bertz CT molecular complexity index is 1280. The lowest BCUT2D eigenvalue weighted by atomic mass is 10.1. The molecule has 1 amide bonds. The van der Waals surface area contributed by atoms with E-state index in [1.165, 1.54) is 17.3 Å². The van der Waals surface area contributed by atoms with Gasteiger partial charge < -0.3 is 5.32 Å². The molecule has 0 saturated carbocycles. The normalized spacial score (nSPS) is 11.9. The molecule has 0 radical (unpaired) electrons. The first-order valence-electron chi connectivity index (χ1n) is 10.5. The minimum atomic E-state index is -0.182. The molecule has 0 fully saturated rings. The van der Waals surface area contributed by atoms with Crippen LogP contribution >= 0.6 is 11.8 Å². The lowest BCUT2D eigenvalue weighted by Gasteiger charge is -2.15. The Kier molecular flexibility index (Phi) is 6.71. The first-order chi connectivity index (χ1) is 15.5. The van der Waals surface area contributed by atoms with Crippen LogP contribution in [-0.4, -0.2) is 21.2 Å². The predicted molar refractivity (Wildman–Crippen MR) is 130 cm³/mol. The number of carbonyl (C=O) groups excluding carboxylic acids is 1. The molecule has 162 valence electrons. The second-order valence-corrected chi connectivity index (χ2v) is 8.74. The molecule has 0 aliphatic heterocycles. The molecule has 0 spiro atoms. The third-order valence-corrected chi connectivity index (χ3v) is 6.25. The number of fused-ring (bicyclic) bond motifs is 1. The quantitative estimate of drug-likeness (QED) is 0.420. The number of thioether (sulfide) groups is 1. The van der Waals surface area contributed by atoms with Crippen LogP contribution < -0.4 is 10.9 Å². The molecule has 5 nitrogen and oxygen atoms in total. The van der Waals surface area contributed by atoms with E-state index in [0.717, 1.165) is 22.2 Å². The maximum absolute atomic E-state index is 13.3. The van der Waals surface area contributed by atoms with Gasteiger partial charge in [0, 0.05) is 0 Å². The second kappa shape index (κ2) is 9.83. The molecule has 0 unspecified atom stereocenters. The number of rotatable bonds is 7. The van der Waals surface area contributed by atoms with Gasteiger partial charge in [-0.1, -0.05) is 84.1 Å². The number of amides is 1. The molecule has 4 aromatic rings. The van der Waals surface area contributed by atoms with Crippen LogP contribution in [0.2, 0.25) is 0 Å². The van der Waals surface area contributed by atoms with Gasteiger partial charge in [0.1, 0.15) is 0 Å². The molecule has 0 bridgehead atoms. The van der Waals surface area contributed by atoms with Crippen LogP contribution in [0.1, 0.15) is 29.7 Å². The summed E-state index contributed by atoms with van der Waals surface area (Å²) in [5.41, 5.74) is 4.59. The van der Waals surface area contributed by atoms with Gasteiger partial charge in [0.25, 0.3) is 5.56 Å². The summed E-state index contributed by atoms with van der Waals surface area (Å²) >= 11 is 1.18. The van der Waals surface area contributed by atoms with Crippen molar-refractivity contribution in [2.75, 3.05) is 5.75 Å². The van der Waals surface area contributed by atoms with Crippen molar-refractivity contribution < 1.29 is 4.79 Å². The Labute approximate surface area is 191 Å².